The molecule has 0 radical (unpaired) electrons. The highest BCUT2D eigenvalue weighted by Crippen LogP contribution is 2.30. The zero-order chi connectivity index (χ0) is 15.9. The maximum Gasteiger partial charge on any atom is 0.299 e. The molecule has 22 heavy (non-hydrogen) atoms. The van der Waals surface area contributed by atoms with Crippen molar-refractivity contribution in [2.24, 2.45) is 5.73 Å². The van der Waals surface area contributed by atoms with E-state index in [1.807, 2.05) is 60.2 Å². The predicted molar refractivity (Wildman–Crippen MR) is 89.1 cm³/mol. The fraction of sp³-hybridized carbons (Fsp3) is 0.250. The molecule has 0 unspecified atom stereocenters. The first-order valence-corrected chi connectivity index (χ1v) is 7.93. The summed E-state index contributed by atoms with van der Waals surface area (Å²) in [6.07, 6.45) is 1.94. The van der Waals surface area contributed by atoms with Crippen LogP contribution in [0.5, 0.6) is 0 Å². The van der Waals surface area contributed by atoms with Gasteiger partial charge in [-0.3, -0.25) is 15.8 Å². The Labute approximate surface area is 133 Å². The number of rotatable bonds is 3. The molecule has 0 aliphatic rings. The highest BCUT2D eigenvalue weighted by molar-refractivity contribution is 7.14. The summed E-state index contributed by atoms with van der Waals surface area (Å²) < 4.78 is 3.71. The number of nitrogens with zero attached hydrogens (tertiary/aromatic N) is 2. The third-order valence-electron chi connectivity index (χ3n) is 3.27. The lowest BCUT2D eigenvalue weighted by molar-refractivity contribution is -0.490. The van der Waals surface area contributed by atoms with Crippen LogP contribution in [-0.2, 0) is 0 Å². The van der Waals surface area contributed by atoms with E-state index in [4.69, 9.17) is 5.73 Å². The van der Waals surface area contributed by atoms with E-state index in [2.05, 4.69) is 5.32 Å². The van der Waals surface area contributed by atoms with Gasteiger partial charge in [0.2, 0.25) is 0 Å². The molecule has 0 saturated heterocycles. The molecule has 0 aliphatic heterocycles. The summed E-state index contributed by atoms with van der Waals surface area (Å²) in [5.74, 6) is 0.798. The molecule has 0 bridgehead atoms. The molecule has 0 saturated carbocycles. The van der Waals surface area contributed by atoms with E-state index in [0.29, 0.717) is 0 Å². The zero-order valence-corrected chi connectivity index (χ0v) is 13.6. The second-order valence-electron chi connectivity index (χ2n) is 5.82. The average molecular weight is 315 g/mol. The van der Waals surface area contributed by atoms with Crippen LogP contribution in [0.3, 0.4) is 0 Å². The number of nitrogens with two attached hydrogens (primary N) is 1. The molecule has 3 N–H and O–H groups in total. The van der Waals surface area contributed by atoms with Crippen LogP contribution >= 0.6 is 11.3 Å². The first-order valence-electron chi connectivity index (χ1n) is 7.05. The SMILES string of the molecule is CC(=O)n1c(-c2ccccc2)c(NC(C)(C)N)[n+]2ccsc12. The van der Waals surface area contributed by atoms with E-state index in [1.54, 1.807) is 11.5 Å². The topological polar surface area (TPSA) is 64.1 Å². The normalized spacial score (nSPS) is 11.8. The van der Waals surface area contributed by atoms with Gasteiger partial charge in [-0.1, -0.05) is 41.7 Å². The van der Waals surface area contributed by atoms with Gasteiger partial charge in [-0.2, -0.15) is 8.97 Å². The van der Waals surface area contributed by atoms with Gasteiger partial charge in [0.15, 0.2) is 5.69 Å². The molecule has 6 heteroatoms. The standard InChI is InChI=1S/C16H19N4OS/c1-11(21)20-13(12-7-5-4-6-8-12)14(18-16(2,3)17)19-9-10-22-15(19)20/h4-10,18H,17H2,1-3H3/q+1. The van der Waals surface area contributed by atoms with Gasteiger partial charge in [-0.25, -0.2) is 0 Å². The van der Waals surface area contributed by atoms with Gasteiger partial charge in [0.1, 0.15) is 5.66 Å². The lowest BCUT2D eigenvalue weighted by atomic mass is 10.1. The molecule has 114 valence electrons. The minimum absolute atomic E-state index is 0.0262. The summed E-state index contributed by atoms with van der Waals surface area (Å²) in [6.45, 7) is 5.36. The summed E-state index contributed by atoms with van der Waals surface area (Å²) in [7, 11) is 0. The lowest BCUT2D eigenvalue weighted by Gasteiger charge is -2.17. The van der Waals surface area contributed by atoms with E-state index < -0.39 is 5.66 Å². The molecule has 2 aromatic heterocycles. The van der Waals surface area contributed by atoms with Crippen molar-refractivity contribution < 1.29 is 9.20 Å². The van der Waals surface area contributed by atoms with Crippen LogP contribution < -0.4 is 15.5 Å². The van der Waals surface area contributed by atoms with Crippen LogP contribution in [0, 0.1) is 0 Å². The quantitative estimate of drug-likeness (QED) is 0.577. The van der Waals surface area contributed by atoms with Crippen molar-refractivity contribution in [2.75, 3.05) is 5.32 Å². The average Bonchev–Trinajstić information content (AvgIpc) is 2.99. The van der Waals surface area contributed by atoms with Crippen molar-refractivity contribution in [3.8, 4) is 11.3 Å². The van der Waals surface area contributed by atoms with E-state index >= 15 is 0 Å². The third kappa shape index (κ3) is 2.51. The number of thiazole rings is 1. The molecule has 2 heterocycles. The molecule has 0 atom stereocenters. The summed E-state index contributed by atoms with van der Waals surface area (Å²) in [5.41, 5.74) is 7.35. The molecule has 0 fully saturated rings. The molecule has 1 aromatic carbocycles. The van der Waals surface area contributed by atoms with Gasteiger partial charge >= 0.3 is 0 Å². The number of imidazole rings is 1. The minimum Gasteiger partial charge on any atom is -0.297 e. The number of anilines is 1. The van der Waals surface area contributed by atoms with Crippen molar-refractivity contribution in [1.29, 1.82) is 0 Å². The van der Waals surface area contributed by atoms with Crippen LogP contribution in [0.1, 0.15) is 25.6 Å². The number of nitrogens with one attached hydrogen (secondary N) is 1. The second-order valence-corrected chi connectivity index (χ2v) is 6.69. The Hall–Kier alpha value is -2.18. The predicted octanol–water partition coefficient (Wildman–Crippen LogP) is 2.72. The first kappa shape index (κ1) is 14.7. The fourth-order valence-corrected chi connectivity index (χ4v) is 3.39. The van der Waals surface area contributed by atoms with E-state index in [9.17, 15) is 4.79 Å². The van der Waals surface area contributed by atoms with Crippen molar-refractivity contribution in [3.05, 3.63) is 41.9 Å². The van der Waals surface area contributed by atoms with Crippen LogP contribution in [0.25, 0.3) is 16.2 Å². The summed E-state index contributed by atoms with van der Waals surface area (Å²) in [5, 5.41) is 5.28. The minimum atomic E-state index is -0.603. The van der Waals surface area contributed by atoms with Crippen molar-refractivity contribution >= 4 is 28.0 Å². The van der Waals surface area contributed by atoms with Gasteiger partial charge in [-0.05, 0) is 13.8 Å². The van der Waals surface area contributed by atoms with Crippen LogP contribution in [0.4, 0.5) is 5.82 Å². The summed E-state index contributed by atoms with van der Waals surface area (Å²) in [6, 6.07) is 9.87. The molecule has 3 rings (SSSR count). The van der Waals surface area contributed by atoms with Gasteiger partial charge in [0, 0.05) is 17.9 Å². The number of hydrogen-bond acceptors (Lipinski definition) is 4. The molecule has 0 amide bonds. The highest BCUT2D eigenvalue weighted by Gasteiger charge is 2.31. The van der Waals surface area contributed by atoms with Crippen LogP contribution in [-0.4, -0.2) is 16.1 Å². The Morgan fingerprint density at radius 2 is 2.00 bits per heavy atom. The highest BCUT2D eigenvalue weighted by atomic mass is 32.1. The smallest absolute Gasteiger partial charge is 0.297 e. The Morgan fingerprint density at radius 1 is 1.32 bits per heavy atom. The summed E-state index contributed by atoms with van der Waals surface area (Å²) >= 11 is 1.52. The summed E-state index contributed by atoms with van der Waals surface area (Å²) in [4.78, 5) is 13.1. The monoisotopic (exact) mass is 315 g/mol. The van der Waals surface area contributed by atoms with Crippen LogP contribution in [0.15, 0.2) is 41.9 Å². The Balaban J connectivity index is 2.36. The second kappa shape index (κ2) is 5.23. The molecule has 5 nitrogen and oxygen atoms in total. The first-order chi connectivity index (χ1) is 10.4. The zero-order valence-electron chi connectivity index (χ0n) is 12.8. The van der Waals surface area contributed by atoms with E-state index in [-0.39, 0.29) is 5.91 Å². The largest absolute Gasteiger partial charge is 0.299 e. The number of hydrogen-bond donors (Lipinski definition) is 2. The van der Waals surface area contributed by atoms with Gasteiger partial charge in [0.25, 0.3) is 16.7 Å². The van der Waals surface area contributed by atoms with Crippen molar-refractivity contribution in [3.63, 3.8) is 0 Å². The lowest BCUT2D eigenvalue weighted by Crippen LogP contribution is -2.43. The van der Waals surface area contributed by atoms with Crippen LogP contribution in [0.2, 0.25) is 0 Å². The number of benzene rings is 1. The molecular formula is C16H19N4OS+. The van der Waals surface area contributed by atoms with Gasteiger partial charge in [-0.15, -0.1) is 0 Å². The Bertz CT molecular complexity index is 827. The number of carbonyl (C=O) groups is 1. The number of fused-ring (bicyclic) bond motifs is 1. The number of aromatic nitrogens is 2. The fourth-order valence-electron chi connectivity index (χ4n) is 2.50. The Kier molecular flexibility index (Phi) is 3.50. The molecular weight excluding hydrogens is 296 g/mol. The Morgan fingerprint density at radius 3 is 2.59 bits per heavy atom. The number of carbonyl (C=O) groups excluding carboxylic acids is 1. The molecule has 3 aromatic rings. The van der Waals surface area contributed by atoms with Crippen molar-refractivity contribution in [2.45, 2.75) is 26.4 Å². The van der Waals surface area contributed by atoms with Crippen molar-refractivity contribution in [1.82, 2.24) is 4.57 Å². The van der Waals surface area contributed by atoms with E-state index in [0.717, 1.165) is 22.0 Å². The maximum absolute atomic E-state index is 12.2. The maximum atomic E-state index is 12.2. The van der Waals surface area contributed by atoms with Gasteiger partial charge < -0.3 is 0 Å². The molecule has 0 spiro atoms. The van der Waals surface area contributed by atoms with E-state index in [1.165, 1.54) is 11.3 Å². The molecule has 0 aliphatic carbocycles. The van der Waals surface area contributed by atoms with Gasteiger partial charge in [0.05, 0.1) is 6.20 Å². The third-order valence-corrected chi connectivity index (χ3v) is 4.12.